The van der Waals surface area contributed by atoms with Gasteiger partial charge in [0.05, 0.1) is 12.7 Å². The first kappa shape index (κ1) is 11.1. The Labute approximate surface area is 98.5 Å². The minimum atomic E-state index is -0.415. The van der Waals surface area contributed by atoms with E-state index in [9.17, 15) is 9.90 Å². The molecule has 0 bridgehead atoms. The molecule has 0 aliphatic rings. The molecule has 0 spiro atoms. The lowest BCUT2D eigenvalue weighted by atomic mass is 10.1. The highest BCUT2D eigenvalue weighted by atomic mass is 16.5. The van der Waals surface area contributed by atoms with Crippen LogP contribution in [0.4, 0.5) is 0 Å². The number of rotatable bonds is 2. The molecule has 1 aromatic heterocycles. The summed E-state index contributed by atoms with van der Waals surface area (Å²) in [5.74, 6) is -0.336. The lowest BCUT2D eigenvalue weighted by Crippen LogP contribution is -2.00. The van der Waals surface area contributed by atoms with Crippen molar-refractivity contribution in [3.63, 3.8) is 0 Å². The monoisotopic (exact) mass is 229 g/mol. The zero-order valence-corrected chi connectivity index (χ0v) is 9.25. The van der Waals surface area contributed by atoms with Gasteiger partial charge in [-0.3, -0.25) is 4.98 Å². The minimum Gasteiger partial charge on any atom is -0.506 e. The summed E-state index contributed by atoms with van der Waals surface area (Å²) in [6.45, 7) is 0. The molecule has 0 saturated carbocycles. The van der Waals surface area contributed by atoms with Gasteiger partial charge in [-0.2, -0.15) is 0 Å². The van der Waals surface area contributed by atoms with Gasteiger partial charge in [0.2, 0.25) is 0 Å². The summed E-state index contributed by atoms with van der Waals surface area (Å²) in [5, 5.41) is 9.67. The van der Waals surface area contributed by atoms with Crippen molar-refractivity contribution in [2.45, 2.75) is 0 Å². The van der Waals surface area contributed by atoms with Crippen LogP contribution in [0.15, 0.2) is 42.6 Å². The molecule has 0 aliphatic heterocycles. The van der Waals surface area contributed by atoms with Gasteiger partial charge in [0.15, 0.2) is 0 Å². The van der Waals surface area contributed by atoms with Crippen LogP contribution in [-0.2, 0) is 4.74 Å². The summed E-state index contributed by atoms with van der Waals surface area (Å²) >= 11 is 0. The molecule has 0 atom stereocenters. The van der Waals surface area contributed by atoms with Gasteiger partial charge in [0.25, 0.3) is 0 Å². The number of carbonyl (C=O) groups excluding carboxylic acids is 1. The smallest absolute Gasteiger partial charge is 0.337 e. The highest BCUT2D eigenvalue weighted by molar-refractivity contribution is 5.91. The summed E-state index contributed by atoms with van der Waals surface area (Å²) in [6.07, 6.45) is 1.58. The largest absolute Gasteiger partial charge is 0.506 e. The fourth-order valence-electron chi connectivity index (χ4n) is 1.53. The molecule has 0 saturated heterocycles. The van der Waals surface area contributed by atoms with E-state index < -0.39 is 5.97 Å². The second kappa shape index (κ2) is 4.65. The number of carbonyl (C=O) groups is 1. The van der Waals surface area contributed by atoms with Crippen molar-refractivity contribution in [2.75, 3.05) is 7.11 Å². The number of nitrogens with zero attached hydrogens (tertiary/aromatic N) is 1. The minimum absolute atomic E-state index is 0.0783. The van der Waals surface area contributed by atoms with Crippen LogP contribution < -0.4 is 0 Å². The van der Waals surface area contributed by atoms with Gasteiger partial charge < -0.3 is 9.84 Å². The predicted molar refractivity (Wildman–Crippen MR) is 62.7 cm³/mol. The molecule has 4 heteroatoms. The molecule has 4 nitrogen and oxygen atoms in total. The quantitative estimate of drug-likeness (QED) is 0.802. The molecule has 0 aliphatic carbocycles. The fourth-order valence-corrected chi connectivity index (χ4v) is 1.53. The van der Waals surface area contributed by atoms with Crippen LogP contribution in [0, 0.1) is 0 Å². The lowest BCUT2D eigenvalue weighted by molar-refractivity contribution is 0.0601. The first-order valence-electron chi connectivity index (χ1n) is 5.05. The maximum absolute atomic E-state index is 11.4. The van der Waals surface area contributed by atoms with Crippen LogP contribution in [0.25, 0.3) is 11.3 Å². The third kappa shape index (κ3) is 2.25. The lowest BCUT2D eigenvalue weighted by Gasteiger charge is -2.05. The number of ether oxygens (including phenoxy) is 1. The SMILES string of the molecule is COC(=O)c1cccc(-c2ncccc2O)c1. The zero-order valence-electron chi connectivity index (χ0n) is 9.25. The molecule has 1 heterocycles. The van der Waals surface area contributed by atoms with Crippen LogP contribution in [0.3, 0.4) is 0 Å². The Bertz CT molecular complexity index is 552. The van der Waals surface area contributed by atoms with Gasteiger partial charge in [-0.05, 0) is 24.3 Å². The van der Waals surface area contributed by atoms with Crippen molar-refractivity contribution < 1.29 is 14.6 Å². The van der Waals surface area contributed by atoms with E-state index in [-0.39, 0.29) is 5.75 Å². The van der Waals surface area contributed by atoms with E-state index in [0.717, 1.165) is 0 Å². The van der Waals surface area contributed by atoms with E-state index in [1.165, 1.54) is 7.11 Å². The molecule has 2 rings (SSSR count). The highest BCUT2D eigenvalue weighted by Gasteiger charge is 2.09. The summed E-state index contributed by atoms with van der Waals surface area (Å²) in [5.41, 5.74) is 1.54. The van der Waals surface area contributed by atoms with E-state index in [1.54, 1.807) is 42.6 Å². The summed E-state index contributed by atoms with van der Waals surface area (Å²) in [7, 11) is 1.33. The van der Waals surface area contributed by atoms with Crippen LogP contribution in [0.1, 0.15) is 10.4 Å². The number of esters is 1. The van der Waals surface area contributed by atoms with Gasteiger partial charge in [0, 0.05) is 11.8 Å². The zero-order chi connectivity index (χ0) is 12.3. The van der Waals surface area contributed by atoms with E-state index in [0.29, 0.717) is 16.8 Å². The summed E-state index contributed by atoms with van der Waals surface area (Å²) < 4.78 is 4.64. The maximum Gasteiger partial charge on any atom is 0.337 e. The Hall–Kier alpha value is -2.36. The molecular weight excluding hydrogens is 218 g/mol. The molecule has 2 aromatic rings. The Kier molecular flexibility index (Phi) is 3.05. The molecule has 1 aromatic carbocycles. The number of aromatic hydroxyl groups is 1. The van der Waals surface area contributed by atoms with Crippen molar-refractivity contribution in [3.05, 3.63) is 48.2 Å². The second-order valence-corrected chi connectivity index (χ2v) is 3.44. The first-order chi connectivity index (χ1) is 8.22. The van der Waals surface area contributed by atoms with Crippen LogP contribution >= 0.6 is 0 Å². The molecule has 0 unspecified atom stereocenters. The van der Waals surface area contributed by atoms with Crippen LogP contribution in [0.2, 0.25) is 0 Å². The third-order valence-electron chi connectivity index (χ3n) is 2.34. The number of aromatic nitrogens is 1. The summed E-state index contributed by atoms with van der Waals surface area (Å²) in [4.78, 5) is 15.4. The van der Waals surface area contributed by atoms with Gasteiger partial charge in [-0.1, -0.05) is 12.1 Å². The maximum atomic E-state index is 11.4. The Balaban J connectivity index is 2.47. The number of pyridine rings is 1. The first-order valence-corrected chi connectivity index (χ1v) is 5.05. The molecule has 17 heavy (non-hydrogen) atoms. The van der Waals surface area contributed by atoms with E-state index >= 15 is 0 Å². The summed E-state index contributed by atoms with van der Waals surface area (Å²) in [6, 6.07) is 9.96. The van der Waals surface area contributed by atoms with Crippen LogP contribution in [0.5, 0.6) is 5.75 Å². The Morgan fingerprint density at radius 2 is 2.12 bits per heavy atom. The fraction of sp³-hybridized carbons (Fsp3) is 0.0769. The standard InChI is InChI=1S/C13H11NO3/c1-17-13(16)10-5-2-4-9(8-10)12-11(15)6-3-7-14-12/h2-8,15H,1H3. The highest BCUT2D eigenvalue weighted by Crippen LogP contribution is 2.26. The molecule has 0 amide bonds. The topological polar surface area (TPSA) is 59.4 Å². The molecule has 1 N–H and O–H groups in total. The van der Waals surface area contributed by atoms with Crippen molar-refractivity contribution in [2.24, 2.45) is 0 Å². The normalized spacial score (nSPS) is 9.94. The van der Waals surface area contributed by atoms with Gasteiger partial charge in [-0.25, -0.2) is 4.79 Å². The number of hydrogen-bond acceptors (Lipinski definition) is 4. The van der Waals surface area contributed by atoms with Crippen molar-refractivity contribution >= 4 is 5.97 Å². The Morgan fingerprint density at radius 1 is 1.29 bits per heavy atom. The number of benzene rings is 1. The van der Waals surface area contributed by atoms with Gasteiger partial charge in [-0.15, -0.1) is 0 Å². The predicted octanol–water partition coefficient (Wildman–Crippen LogP) is 2.24. The van der Waals surface area contributed by atoms with Crippen molar-refractivity contribution in [3.8, 4) is 17.0 Å². The van der Waals surface area contributed by atoms with Crippen molar-refractivity contribution in [1.29, 1.82) is 0 Å². The van der Waals surface area contributed by atoms with E-state index in [4.69, 9.17) is 0 Å². The van der Waals surface area contributed by atoms with Crippen LogP contribution in [-0.4, -0.2) is 23.2 Å². The molecule has 0 fully saturated rings. The van der Waals surface area contributed by atoms with E-state index in [2.05, 4.69) is 9.72 Å². The van der Waals surface area contributed by atoms with E-state index in [1.807, 2.05) is 0 Å². The third-order valence-corrected chi connectivity index (χ3v) is 2.34. The average molecular weight is 229 g/mol. The van der Waals surface area contributed by atoms with Crippen molar-refractivity contribution in [1.82, 2.24) is 4.98 Å². The van der Waals surface area contributed by atoms with Gasteiger partial charge in [0.1, 0.15) is 11.4 Å². The number of methoxy groups -OCH3 is 1. The Morgan fingerprint density at radius 3 is 2.82 bits per heavy atom. The molecule has 86 valence electrons. The average Bonchev–Trinajstić information content (AvgIpc) is 2.38. The molecular formula is C13H11NO3. The molecule has 0 radical (unpaired) electrons. The second-order valence-electron chi connectivity index (χ2n) is 3.44. The van der Waals surface area contributed by atoms with Gasteiger partial charge >= 0.3 is 5.97 Å². The number of hydrogen-bond donors (Lipinski definition) is 1.